The van der Waals surface area contributed by atoms with Gasteiger partial charge < -0.3 is 15.1 Å². The second-order valence-electron chi connectivity index (χ2n) is 4.14. The van der Waals surface area contributed by atoms with Crippen LogP contribution in [0.2, 0.25) is 0 Å². The summed E-state index contributed by atoms with van der Waals surface area (Å²) in [6.45, 7) is -1.34. The number of hydrogen-bond donors (Lipinski definition) is 2. The van der Waals surface area contributed by atoms with Gasteiger partial charge in [-0.15, -0.1) is 0 Å². The van der Waals surface area contributed by atoms with Crippen molar-refractivity contribution in [1.82, 2.24) is 4.90 Å². The van der Waals surface area contributed by atoms with Crippen LogP contribution in [-0.4, -0.2) is 46.3 Å². The Hall–Kier alpha value is -2.25. The number of carbonyl (C=O) groups is 2. The number of halogens is 3. The zero-order chi connectivity index (χ0) is 15.5. The first-order valence-electron chi connectivity index (χ1n) is 5.48. The lowest BCUT2D eigenvalue weighted by Gasteiger charge is -2.22. The van der Waals surface area contributed by atoms with Gasteiger partial charge in [0.15, 0.2) is 0 Å². The van der Waals surface area contributed by atoms with Gasteiger partial charge in [0.05, 0.1) is 5.56 Å². The molecule has 0 saturated heterocycles. The Morgan fingerprint density at radius 1 is 1.30 bits per heavy atom. The first kappa shape index (κ1) is 15.8. The van der Waals surface area contributed by atoms with E-state index in [1.165, 1.54) is 19.1 Å². The standard InChI is InChI=1S/C12H12F3NO4/c1-7-3-2-4-8(10(7)19)11(20)16(5-9(17)18)6-12(13,14)15/h2-4,19H,5-6H2,1H3,(H,17,18). The summed E-state index contributed by atoms with van der Waals surface area (Å²) in [4.78, 5) is 22.6. The van der Waals surface area contributed by atoms with Gasteiger partial charge >= 0.3 is 12.1 Å². The SMILES string of the molecule is Cc1cccc(C(=O)N(CC(=O)O)CC(F)(F)F)c1O. The number of benzene rings is 1. The van der Waals surface area contributed by atoms with E-state index in [0.29, 0.717) is 5.56 Å². The Labute approximate surface area is 112 Å². The van der Waals surface area contributed by atoms with E-state index in [1.807, 2.05) is 0 Å². The fourth-order valence-corrected chi connectivity index (χ4v) is 1.58. The van der Waals surface area contributed by atoms with Gasteiger partial charge in [0.1, 0.15) is 18.8 Å². The van der Waals surface area contributed by atoms with E-state index in [2.05, 4.69) is 0 Å². The number of phenols is 1. The van der Waals surface area contributed by atoms with Crippen LogP contribution in [-0.2, 0) is 4.79 Å². The lowest BCUT2D eigenvalue weighted by atomic mass is 10.1. The number of rotatable bonds is 4. The molecule has 0 unspecified atom stereocenters. The highest BCUT2D eigenvalue weighted by molar-refractivity contribution is 5.98. The summed E-state index contributed by atoms with van der Waals surface area (Å²) in [7, 11) is 0. The van der Waals surface area contributed by atoms with Gasteiger partial charge in [-0.1, -0.05) is 12.1 Å². The van der Waals surface area contributed by atoms with Crippen LogP contribution in [0.4, 0.5) is 13.2 Å². The van der Waals surface area contributed by atoms with Gasteiger partial charge in [-0.05, 0) is 18.6 Å². The number of amides is 1. The molecule has 1 rings (SSSR count). The van der Waals surface area contributed by atoms with Crippen LogP contribution >= 0.6 is 0 Å². The number of carboxylic acid groups (broad SMARTS) is 1. The number of aliphatic carboxylic acids is 1. The maximum atomic E-state index is 12.4. The minimum absolute atomic E-state index is 0.122. The Kier molecular flexibility index (Phi) is 4.59. The molecule has 0 bridgehead atoms. The third-order valence-corrected chi connectivity index (χ3v) is 2.45. The number of carbonyl (C=O) groups excluding carboxylic acids is 1. The lowest BCUT2D eigenvalue weighted by Crippen LogP contribution is -2.42. The number of hydrogen-bond acceptors (Lipinski definition) is 3. The van der Waals surface area contributed by atoms with Crippen LogP contribution < -0.4 is 0 Å². The predicted octanol–water partition coefficient (Wildman–Crippen LogP) is 1.79. The van der Waals surface area contributed by atoms with E-state index in [4.69, 9.17) is 5.11 Å². The fourth-order valence-electron chi connectivity index (χ4n) is 1.58. The highest BCUT2D eigenvalue weighted by Gasteiger charge is 2.35. The molecule has 0 fully saturated rings. The van der Waals surface area contributed by atoms with Gasteiger partial charge in [0.25, 0.3) is 5.91 Å². The Bertz CT molecular complexity index is 528. The van der Waals surface area contributed by atoms with E-state index < -0.39 is 36.9 Å². The molecule has 0 radical (unpaired) electrons. The summed E-state index contributed by atoms with van der Waals surface area (Å²) in [5.41, 5.74) is -0.0615. The molecule has 0 spiro atoms. The number of phenolic OH excluding ortho intramolecular Hbond substituents is 1. The van der Waals surface area contributed by atoms with Crippen molar-refractivity contribution in [2.45, 2.75) is 13.1 Å². The molecular weight excluding hydrogens is 279 g/mol. The lowest BCUT2D eigenvalue weighted by molar-refractivity contribution is -0.149. The number of nitrogens with zero attached hydrogens (tertiary/aromatic N) is 1. The van der Waals surface area contributed by atoms with Crippen LogP contribution in [0.3, 0.4) is 0 Å². The average molecular weight is 291 g/mol. The topological polar surface area (TPSA) is 77.8 Å². The van der Waals surface area contributed by atoms with E-state index >= 15 is 0 Å². The van der Waals surface area contributed by atoms with Crippen molar-refractivity contribution < 1.29 is 33.0 Å². The van der Waals surface area contributed by atoms with Crippen molar-refractivity contribution in [3.63, 3.8) is 0 Å². The molecule has 1 amide bonds. The van der Waals surface area contributed by atoms with E-state index in [0.717, 1.165) is 6.07 Å². The third-order valence-electron chi connectivity index (χ3n) is 2.45. The maximum absolute atomic E-state index is 12.4. The largest absolute Gasteiger partial charge is 0.507 e. The highest BCUT2D eigenvalue weighted by Crippen LogP contribution is 2.24. The Morgan fingerprint density at radius 3 is 2.40 bits per heavy atom. The van der Waals surface area contributed by atoms with Gasteiger partial charge in [-0.25, -0.2) is 0 Å². The summed E-state index contributed by atoms with van der Waals surface area (Å²) in [5, 5.41) is 18.2. The molecule has 110 valence electrons. The zero-order valence-electron chi connectivity index (χ0n) is 10.4. The Balaban J connectivity index is 3.10. The quantitative estimate of drug-likeness (QED) is 0.886. The van der Waals surface area contributed by atoms with E-state index in [9.17, 15) is 27.9 Å². The first-order valence-corrected chi connectivity index (χ1v) is 5.48. The van der Waals surface area contributed by atoms with Crippen LogP contribution in [0, 0.1) is 6.92 Å². The number of para-hydroxylation sites is 1. The van der Waals surface area contributed by atoms with Gasteiger partial charge in [-0.2, -0.15) is 13.2 Å². The summed E-state index contributed by atoms with van der Waals surface area (Å²) >= 11 is 0. The second-order valence-corrected chi connectivity index (χ2v) is 4.14. The third kappa shape index (κ3) is 4.15. The minimum atomic E-state index is -4.73. The van der Waals surface area contributed by atoms with Crippen molar-refractivity contribution in [3.8, 4) is 5.75 Å². The number of aryl methyl sites for hydroxylation is 1. The molecular formula is C12H12F3NO4. The van der Waals surface area contributed by atoms with Crippen LogP contribution in [0.25, 0.3) is 0 Å². The molecule has 0 aliphatic carbocycles. The van der Waals surface area contributed by atoms with Gasteiger partial charge in [-0.3, -0.25) is 9.59 Å². The molecule has 20 heavy (non-hydrogen) atoms. The normalized spacial score (nSPS) is 11.2. The monoisotopic (exact) mass is 291 g/mol. The molecule has 1 aromatic rings. The summed E-state index contributed by atoms with van der Waals surface area (Å²) in [5.74, 6) is -3.23. The molecule has 8 heteroatoms. The first-order chi connectivity index (χ1) is 9.11. The molecule has 0 saturated carbocycles. The summed E-state index contributed by atoms with van der Waals surface area (Å²) in [6, 6.07) is 3.99. The Morgan fingerprint density at radius 2 is 1.90 bits per heavy atom. The zero-order valence-corrected chi connectivity index (χ0v) is 10.4. The number of alkyl halides is 3. The van der Waals surface area contributed by atoms with Crippen molar-refractivity contribution in [2.24, 2.45) is 0 Å². The minimum Gasteiger partial charge on any atom is -0.507 e. The molecule has 1 aromatic carbocycles. The van der Waals surface area contributed by atoms with Gasteiger partial charge in [0.2, 0.25) is 0 Å². The van der Waals surface area contributed by atoms with Crippen LogP contribution in [0.5, 0.6) is 5.75 Å². The summed E-state index contributed by atoms with van der Waals surface area (Å²) < 4.78 is 37.1. The molecule has 0 atom stereocenters. The van der Waals surface area contributed by atoms with E-state index in [-0.39, 0.29) is 10.5 Å². The van der Waals surface area contributed by atoms with Crippen LogP contribution in [0.1, 0.15) is 15.9 Å². The van der Waals surface area contributed by atoms with Crippen molar-refractivity contribution >= 4 is 11.9 Å². The molecule has 2 N–H and O–H groups in total. The fraction of sp³-hybridized carbons (Fsp3) is 0.333. The van der Waals surface area contributed by atoms with Crippen molar-refractivity contribution in [3.05, 3.63) is 29.3 Å². The maximum Gasteiger partial charge on any atom is 0.406 e. The molecule has 0 aliphatic rings. The molecule has 0 aliphatic heterocycles. The number of aromatic hydroxyl groups is 1. The predicted molar refractivity (Wildman–Crippen MR) is 62.4 cm³/mol. The average Bonchev–Trinajstić information content (AvgIpc) is 2.28. The van der Waals surface area contributed by atoms with Crippen molar-refractivity contribution in [1.29, 1.82) is 0 Å². The smallest absolute Gasteiger partial charge is 0.406 e. The molecule has 0 heterocycles. The summed E-state index contributed by atoms with van der Waals surface area (Å²) in [6.07, 6.45) is -4.73. The second kappa shape index (κ2) is 5.81. The number of carboxylic acids is 1. The van der Waals surface area contributed by atoms with Crippen LogP contribution in [0.15, 0.2) is 18.2 Å². The van der Waals surface area contributed by atoms with Crippen molar-refractivity contribution in [2.75, 3.05) is 13.1 Å². The molecule has 0 aromatic heterocycles. The van der Waals surface area contributed by atoms with Gasteiger partial charge in [0, 0.05) is 0 Å². The molecule has 5 nitrogen and oxygen atoms in total. The van der Waals surface area contributed by atoms with E-state index in [1.54, 1.807) is 0 Å². The highest BCUT2D eigenvalue weighted by atomic mass is 19.4.